The fourth-order valence-corrected chi connectivity index (χ4v) is 2.31. The van der Waals surface area contributed by atoms with Crippen molar-refractivity contribution in [3.63, 3.8) is 0 Å². The van der Waals surface area contributed by atoms with Gasteiger partial charge in [-0.3, -0.25) is 0 Å². The predicted octanol–water partition coefficient (Wildman–Crippen LogP) is 2.50. The van der Waals surface area contributed by atoms with E-state index in [9.17, 15) is 5.11 Å². The smallest absolute Gasteiger partial charge is 0.0501 e. The molecule has 0 aromatic rings. The molecule has 0 saturated carbocycles. The van der Waals surface area contributed by atoms with Crippen LogP contribution in [-0.2, 0) is 4.74 Å². The van der Waals surface area contributed by atoms with Crippen molar-refractivity contribution < 1.29 is 9.84 Å². The second-order valence-corrected chi connectivity index (χ2v) is 5.91. The molecule has 0 unspecified atom stereocenters. The van der Waals surface area contributed by atoms with Crippen LogP contribution in [0.5, 0.6) is 0 Å². The molecule has 3 heteroatoms. The number of rotatable bonds is 7. The van der Waals surface area contributed by atoms with Crippen LogP contribution in [0, 0.1) is 5.41 Å². The summed E-state index contributed by atoms with van der Waals surface area (Å²) in [6, 6.07) is 0.506. The lowest BCUT2D eigenvalue weighted by molar-refractivity contribution is -0.0163. The van der Waals surface area contributed by atoms with E-state index >= 15 is 0 Å². The number of aliphatic hydroxyl groups excluding tert-OH is 1. The van der Waals surface area contributed by atoms with Crippen molar-refractivity contribution in [1.82, 2.24) is 5.32 Å². The molecule has 1 atom stereocenters. The van der Waals surface area contributed by atoms with E-state index in [1.54, 1.807) is 0 Å². The Morgan fingerprint density at radius 2 is 2.06 bits per heavy atom. The van der Waals surface area contributed by atoms with Crippen molar-refractivity contribution in [2.24, 2.45) is 5.41 Å². The second-order valence-electron chi connectivity index (χ2n) is 5.91. The minimum atomic E-state index is 0.0447. The van der Waals surface area contributed by atoms with Crippen LogP contribution in [0.3, 0.4) is 0 Å². The van der Waals surface area contributed by atoms with Crippen molar-refractivity contribution in [2.45, 2.75) is 52.5 Å². The Kier molecular flexibility index (Phi) is 6.90. The third kappa shape index (κ3) is 5.51. The minimum absolute atomic E-state index is 0.0447. The highest BCUT2D eigenvalue weighted by atomic mass is 16.5. The molecule has 0 radical (unpaired) electrons. The van der Waals surface area contributed by atoms with E-state index < -0.39 is 0 Å². The highest BCUT2D eigenvalue weighted by Crippen LogP contribution is 2.29. The van der Waals surface area contributed by atoms with Crippen molar-refractivity contribution in [2.75, 3.05) is 26.4 Å². The summed E-state index contributed by atoms with van der Waals surface area (Å²) in [5.74, 6) is 0. The van der Waals surface area contributed by atoms with Crippen LogP contribution in [0.2, 0.25) is 0 Å². The zero-order valence-corrected chi connectivity index (χ0v) is 12.2. The number of hydrogen-bond donors (Lipinski definition) is 2. The van der Waals surface area contributed by atoms with E-state index in [1.165, 1.54) is 5.57 Å². The lowest BCUT2D eigenvalue weighted by atomic mass is 9.81. The maximum Gasteiger partial charge on any atom is 0.0501 e. The molecule has 1 fully saturated rings. The molecule has 0 bridgehead atoms. The summed E-state index contributed by atoms with van der Waals surface area (Å²) in [7, 11) is 0. The van der Waals surface area contributed by atoms with Crippen LogP contribution in [-0.4, -0.2) is 37.5 Å². The van der Waals surface area contributed by atoms with Gasteiger partial charge < -0.3 is 15.2 Å². The molecule has 2 N–H and O–H groups in total. The topological polar surface area (TPSA) is 41.5 Å². The summed E-state index contributed by atoms with van der Waals surface area (Å²) in [4.78, 5) is 0. The van der Waals surface area contributed by atoms with Gasteiger partial charge in [0.15, 0.2) is 0 Å². The molecule has 1 heterocycles. The van der Waals surface area contributed by atoms with E-state index in [2.05, 4.69) is 32.2 Å². The van der Waals surface area contributed by atoms with Crippen LogP contribution < -0.4 is 5.32 Å². The number of aliphatic hydroxyl groups is 1. The molecule has 1 aliphatic rings. The minimum Gasteiger partial charge on any atom is -0.396 e. The first-order valence-electron chi connectivity index (χ1n) is 7.13. The zero-order chi connectivity index (χ0) is 13.4. The van der Waals surface area contributed by atoms with Crippen LogP contribution in [0.25, 0.3) is 0 Å². The van der Waals surface area contributed by atoms with Gasteiger partial charge in [-0.05, 0) is 46.5 Å². The van der Waals surface area contributed by atoms with Crippen LogP contribution >= 0.6 is 0 Å². The Bertz CT molecular complexity index is 253. The zero-order valence-electron chi connectivity index (χ0n) is 12.2. The van der Waals surface area contributed by atoms with Crippen molar-refractivity contribution in [3.8, 4) is 0 Å². The maximum absolute atomic E-state index is 9.60. The Hall–Kier alpha value is -0.380. The fourth-order valence-electron chi connectivity index (χ4n) is 2.31. The Labute approximate surface area is 112 Å². The SMILES string of the molecule is CC(C)=CCC[C@@H](C)NCC1(CO)CCOCC1. The predicted molar refractivity (Wildman–Crippen MR) is 75.7 cm³/mol. The average molecular weight is 255 g/mol. The monoisotopic (exact) mass is 255 g/mol. The van der Waals surface area contributed by atoms with Crippen molar-refractivity contribution >= 4 is 0 Å². The third-order valence-electron chi connectivity index (χ3n) is 3.87. The van der Waals surface area contributed by atoms with Crippen LogP contribution in [0.15, 0.2) is 11.6 Å². The largest absolute Gasteiger partial charge is 0.396 e. The molecule has 18 heavy (non-hydrogen) atoms. The van der Waals surface area contributed by atoms with E-state index in [1.807, 2.05) is 0 Å². The van der Waals surface area contributed by atoms with E-state index in [-0.39, 0.29) is 12.0 Å². The molecule has 0 amide bonds. The Balaban J connectivity index is 2.27. The van der Waals surface area contributed by atoms with E-state index in [4.69, 9.17) is 4.74 Å². The highest BCUT2D eigenvalue weighted by molar-refractivity contribution is 4.93. The van der Waals surface area contributed by atoms with Gasteiger partial charge in [0.1, 0.15) is 0 Å². The van der Waals surface area contributed by atoms with Gasteiger partial charge in [-0.1, -0.05) is 11.6 Å². The molecule has 1 aliphatic heterocycles. The summed E-state index contributed by atoms with van der Waals surface area (Å²) < 4.78 is 5.38. The average Bonchev–Trinajstić information content (AvgIpc) is 2.37. The third-order valence-corrected chi connectivity index (χ3v) is 3.87. The molecular formula is C15H29NO2. The summed E-state index contributed by atoms with van der Waals surface area (Å²) in [6.45, 7) is 9.25. The molecular weight excluding hydrogens is 226 g/mol. The van der Waals surface area contributed by atoms with Crippen LogP contribution in [0.4, 0.5) is 0 Å². The van der Waals surface area contributed by atoms with Gasteiger partial charge in [0, 0.05) is 31.2 Å². The summed E-state index contributed by atoms with van der Waals surface area (Å²) >= 11 is 0. The molecule has 3 nitrogen and oxygen atoms in total. The van der Waals surface area contributed by atoms with Crippen molar-refractivity contribution in [3.05, 3.63) is 11.6 Å². The van der Waals surface area contributed by atoms with Gasteiger partial charge in [-0.15, -0.1) is 0 Å². The summed E-state index contributed by atoms with van der Waals surface area (Å²) in [5, 5.41) is 13.2. The quantitative estimate of drug-likeness (QED) is 0.687. The van der Waals surface area contributed by atoms with Gasteiger partial charge in [0.25, 0.3) is 0 Å². The van der Waals surface area contributed by atoms with Gasteiger partial charge in [-0.2, -0.15) is 0 Å². The summed E-state index contributed by atoms with van der Waals surface area (Å²) in [6.07, 6.45) is 6.51. The number of allylic oxidation sites excluding steroid dienone is 2. The standard InChI is InChI=1S/C15H29NO2/c1-13(2)5-4-6-14(3)16-11-15(12-17)7-9-18-10-8-15/h5,14,16-17H,4,6-12H2,1-3H3/t14-/m1/s1. The number of ether oxygens (including phenoxy) is 1. The molecule has 1 saturated heterocycles. The number of nitrogens with one attached hydrogen (secondary N) is 1. The molecule has 106 valence electrons. The fraction of sp³-hybridized carbons (Fsp3) is 0.867. The maximum atomic E-state index is 9.60. The van der Waals surface area contributed by atoms with Gasteiger partial charge in [0.2, 0.25) is 0 Å². The Morgan fingerprint density at radius 1 is 1.39 bits per heavy atom. The molecule has 0 aliphatic carbocycles. The first kappa shape index (κ1) is 15.7. The van der Waals surface area contributed by atoms with Crippen molar-refractivity contribution in [1.29, 1.82) is 0 Å². The first-order chi connectivity index (χ1) is 8.58. The first-order valence-corrected chi connectivity index (χ1v) is 7.13. The normalized spacial score (nSPS) is 20.4. The van der Waals surface area contributed by atoms with Crippen LogP contribution in [0.1, 0.15) is 46.5 Å². The molecule has 0 aromatic carbocycles. The van der Waals surface area contributed by atoms with Gasteiger partial charge in [-0.25, -0.2) is 0 Å². The molecule has 0 spiro atoms. The number of hydrogen-bond acceptors (Lipinski definition) is 3. The Morgan fingerprint density at radius 3 is 2.61 bits per heavy atom. The van der Waals surface area contributed by atoms with Gasteiger partial charge in [0.05, 0.1) is 6.61 Å². The highest BCUT2D eigenvalue weighted by Gasteiger charge is 2.31. The van der Waals surface area contributed by atoms with E-state index in [0.29, 0.717) is 6.04 Å². The lowest BCUT2D eigenvalue weighted by Crippen LogP contribution is -2.44. The molecule has 0 aromatic heterocycles. The lowest BCUT2D eigenvalue weighted by Gasteiger charge is -2.36. The van der Waals surface area contributed by atoms with Gasteiger partial charge >= 0.3 is 0 Å². The second kappa shape index (κ2) is 7.93. The molecule has 1 rings (SSSR count). The summed E-state index contributed by atoms with van der Waals surface area (Å²) in [5.41, 5.74) is 1.43. The van der Waals surface area contributed by atoms with E-state index in [0.717, 1.165) is 45.4 Å².